The van der Waals surface area contributed by atoms with Gasteiger partial charge < -0.3 is 9.32 Å². The first-order valence-corrected chi connectivity index (χ1v) is 9.88. The van der Waals surface area contributed by atoms with Gasteiger partial charge in [0.1, 0.15) is 22.8 Å². The van der Waals surface area contributed by atoms with Crippen LogP contribution in [0.3, 0.4) is 0 Å². The highest BCUT2D eigenvalue weighted by Crippen LogP contribution is 2.27. The molecule has 4 heterocycles. The van der Waals surface area contributed by atoms with Gasteiger partial charge in [0.15, 0.2) is 0 Å². The Morgan fingerprint density at radius 3 is 2.64 bits per heavy atom. The lowest BCUT2D eigenvalue weighted by Gasteiger charge is -2.34. The fourth-order valence-corrected chi connectivity index (χ4v) is 4.09. The number of fused-ring (bicyclic) bond motifs is 1. The molecule has 0 aliphatic carbocycles. The maximum Gasteiger partial charge on any atom is 0.247 e. The number of nitrogens with zero attached hydrogens (tertiary/aromatic N) is 6. The van der Waals surface area contributed by atoms with Crippen LogP contribution in [0.2, 0.25) is 0 Å². The van der Waals surface area contributed by atoms with Gasteiger partial charge in [0.2, 0.25) is 11.8 Å². The van der Waals surface area contributed by atoms with Gasteiger partial charge in [0.05, 0.1) is 11.9 Å². The molecular weight excluding hydrogens is 379 g/mol. The van der Waals surface area contributed by atoms with E-state index in [1.54, 1.807) is 29.8 Å². The van der Waals surface area contributed by atoms with Gasteiger partial charge in [0.25, 0.3) is 0 Å². The standard InChI is InChI=1S/C19H17FN6OS/c20-14-3-1-13(2-4-14)18-24-23-16(27-18)11-25-6-8-26(9-7-25)17-15-5-10-28-19(15)22-12-21-17/h1-5,10,12H,6-9,11H2. The summed E-state index contributed by atoms with van der Waals surface area (Å²) in [6, 6.07) is 8.12. The second kappa shape index (κ2) is 7.25. The molecule has 1 fully saturated rings. The molecule has 4 aromatic rings. The fourth-order valence-electron chi connectivity index (χ4n) is 3.36. The number of aromatic nitrogens is 4. The third-order valence-corrected chi connectivity index (χ3v) is 5.65. The summed E-state index contributed by atoms with van der Waals surface area (Å²) in [5.41, 5.74) is 0.716. The lowest BCUT2D eigenvalue weighted by Crippen LogP contribution is -2.46. The average molecular weight is 396 g/mol. The summed E-state index contributed by atoms with van der Waals surface area (Å²) >= 11 is 1.63. The highest BCUT2D eigenvalue weighted by atomic mass is 32.1. The van der Waals surface area contributed by atoms with E-state index in [1.807, 2.05) is 5.38 Å². The molecular formula is C19H17FN6OS. The molecule has 9 heteroatoms. The number of halogens is 1. The van der Waals surface area contributed by atoms with E-state index >= 15 is 0 Å². The van der Waals surface area contributed by atoms with Crippen LogP contribution >= 0.6 is 11.3 Å². The molecule has 1 aliphatic heterocycles. The summed E-state index contributed by atoms with van der Waals surface area (Å²) in [6.07, 6.45) is 1.63. The molecule has 0 unspecified atom stereocenters. The number of rotatable bonds is 4. The van der Waals surface area contributed by atoms with Crippen molar-refractivity contribution in [2.24, 2.45) is 0 Å². The molecule has 142 valence electrons. The summed E-state index contributed by atoms with van der Waals surface area (Å²) in [7, 11) is 0. The number of piperazine rings is 1. The third kappa shape index (κ3) is 3.34. The fraction of sp³-hybridized carbons (Fsp3) is 0.263. The van der Waals surface area contributed by atoms with E-state index in [9.17, 15) is 4.39 Å². The Hall–Kier alpha value is -2.91. The van der Waals surface area contributed by atoms with Crippen molar-refractivity contribution in [1.82, 2.24) is 25.1 Å². The monoisotopic (exact) mass is 396 g/mol. The normalized spacial score (nSPS) is 15.4. The van der Waals surface area contributed by atoms with Gasteiger partial charge in [0, 0.05) is 31.7 Å². The molecule has 1 saturated heterocycles. The first-order valence-electron chi connectivity index (χ1n) is 9.00. The van der Waals surface area contributed by atoms with Crippen molar-refractivity contribution in [1.29, 1.82) is 0 Å². The van der Waals surface area contributed by atoms with Crippen molar-refractivity contribution in [3.63, 3.8) is 0 Å². The largest absolute Gasteiger partial charge is 0.419 e. The Morgan fingerprint density at radius 1 is 1.00 bits per heavy atom. The SMILES string of the molecule is Fc1ccc(-c2nnc(CN3CCN(c4ncnc5sccc45)CC3)o2)cc1. The van der Waals surface area contributed by atoms with Gasteiger partial charge in [-0.3, -0.25) is 4.90 Å². The molecule has 0 bridgehead atoms. The predicted octanol–water partition coefficient (Wildman–Crippen LogP) is 3.20. The Morgan fingerprint density at radius 2 is 1.82 bits per heavy atom. The van der Waals surface area contributed by atoms with Crippen LogP contribution in [0.15, 0.2) is 46.5 Å². The first-order chi connectivity index (χ1) is 13.8. The van der Waals surface area contributed by atoms with E-state index in [-0.39, 0.29) is 5.82 Å². The first kappa shape index (κ1) is 17.2. The molecule has 0 radical (unpaired) electrons. The van der Waals surface area contributed by atoms with Crippen LogP contribution in [0, 0.1) is 5.82 Å². The van der Waals surface area contributed by atoms with Crippen LogP contribution in [0.5, 0.6) is 0 Å². The average Bonchev–Trinajstić information content (AvgIpc) is 3.38. The quantitative estimate of drug-likeness (QED) is 0.525. The zero-order valence-corrected chi connectivity index (χ0v) is 15.8. The molecule has 0 N–H and O–H groups in total. The van der Waals surface area contributed by atoms with E-state index in [4.69, 9.17) is 4.42 Å². The lowest BCUT2D eigenvalue weighted by atomic mass is 10.2. The summed E-state index contributed by atoms with van der Waals surface area (Å²) in [5.74, 6) is 1.69. The van der Waals surface area contributed by atoms with Gasteiger partial charge >= 0.3 is 0 Å². The van der Waals surface area contributed by atoms with Crippen molar-refractivity contribution in [2.75, 3.05) is 31.1 Å². The van der Waals surface area contributed by atoms with Crippen molar-refractivity contribution < 1.29 is 8.81 Å². The molecule has 0 saturated carbocycles. The molecule has 7 nitrogen and oxygen atoms in total. The van der Waals surface area contributed by atoms with Gasteiger partial charge in [-0.05, 0) is 35.7 Å². The van der Waals surface area contributed by atoms with Gasteiger partial charge in [-0.2, -0.15) is 0 Å². The number of hydrogen-bond donors (Lipinski definition) is 0. The van der Waals surface area contributed by atoms with Crippen molar-refractivity contribution in [2.45, 2.75) is 6.54 Å². The van der Waals surface area contributed by atoms with Gasteiger partial charge in [-0.15, -0.1) is 21.5 Å². The maximum absolute atomic E-state index is 13.1. The molecule has 1 aliphatic rings. The van der Waals surface area contributed by atoms with Gasteiger partial charge in [-0.25, -0.2) is 14.4 Å². The minimum Gasteiger partial charge on any atom is -0.419 e. The molecule has 0 atom stereocenters. The molecule has 28 heavy (non-hydrogen) atoms. The van der Waals surface area contributed by atoms with Crippen molar-refractivity contribution in [3.05, 3.63) is 53.7 Å². The topological polar surface area (TPSA) is 71.2 Å². The van der Waals surface area contributed by atoms with Crippen LogP contribution in [0.25, 0.3) is 21.7 Å². The predicted molar refractivity (Wildman–Crippen MR) is 105 cm³/mol. The zero-order valence-electron chi connectivity index (χ0n) is 15.0. The van der Waals surface area contributed by atoms with Crippen molar-refractivity contribution in [3.8, 4) is 11.5 Å². The molecule has 5 rings (SSSR count). The second-order valence-corrected chi connectivity index (χ2v) is 7.50. The summed E-state index contributed by atoms with van der Waals surface area (Å²) in [6.45, 7) is 4.11. The molecule has 1 aromatic carbocycles. The Balaban J connectivity index is 1.23. The van der Waals surface area contributed by atoms with E-state index in [0.29, 0.717) is 23.9 Å². The number of thiophene rings is 1. The Kier molecular flexibility index (Phi) is 4.46. The minimum atomic E-state index is -0.287. The lowest BCUT2D eigenvalue weighted by molar-refractivity contribution is 0.226. The smallest absolute Gasteiger partial charge is 0.247 e. The third-order valence-electron chi connectivity index (χ3n) is 4.83. The van der Waals surface area contributed by atoms with Crippen LogP contribution in [-0.2, 0) is 6.54 Å². The molecule has 3 aromatic heterocycles. The maximum atomic E-state index is 13.1. The van der Waals surface area contributed by atoms with Crippen LogP contribution in [0.4, 0.5) is 10.2 Å². The van der Waals surface area contributed by atoms with E-state index in [2.05, 4.69) is 36.0 Å². The number of benzene rings is 1. The van der Waals surface area contributed by atoms with Crippen LogP contribution in [0.1, 0.15) is 5.89 Å². The second-order valence-electron chi connectivity index (χ2n) is 6.61. The van der Waals surface area contributed by atoms with Gasteiger partial charge in [-0.1, -0.05) is 0 Å². The molecule has 0 spiro atoms. The number of hydrogen-bond acceptors (Lipinski definition) is 8. The van der Waals surface area contributed by atoms with E-state index < -0.39 is 0 Å². The molecule has 0 amide bonds. The zero-order chi connectivity index (χ0) is 18.9. The van der Waals surface area contributed by atoms with E-state index in [0.717, 1.165) is 42.2 Å². The van der Waals surface area contributed by atoms with Crippen LogP contribution in [-0.4, -0.2) is 51.2 Å². The Labute approximate surface area is 164 Å². The number of anilines is 1. The minimum absolute atomic E-state index is 0.287. The summed E-state index contributed by atoms with van der Waals surface area (Å²) in [4.78, 5) is 14.4. The van der Waals surface area contributed by atoms with Crippen molar-refractivity contribution >= 4 is 27.4 Å². The summed E-state index contributed by atoms with van der Waals surface area (Å²) in [5, 5.41) is 11.4. The highest BCUT2D eigenvalue weighted by molar-refractivity contribution is 7.16. The Bertz CT molecular complexity index is 1090. The van der Waals surface area contributed by atoms with Crippen LogP contribution < -0.4 is 4.90 Å². The summed E-state index contributed by atoms with van der Waals surface area (Å²) < 4.78 is 18.8. The van der Waals surface area contributed by atoms with E-state index in [1.165, 1.54) is 12.1 Å². The highest BCUT2D eigenvalue weighted by Gasteiger charge is 2.22.